The van der Waals surface area contributed by atoms with Gasteiger partial charge in [-0.25, -0.2) is 9.97 Å². The zero-order chi connectivity index (χ0) is 26.7. The Balaban J connectivity index is 1.63. The smallest absolute Gasteiger partial charge is 0.326 e. The van der Waals surface area contributed by atoms with Crippen molar-refractivity contribution in [3.8, 4) is 11.3 Å². The van der Waals surface area contributed by atoms with E-state index in [-0.39, 0.29) is 24.9 Å². The van der Waals surface area contributed by atoms with Crippen LogP contribution >= 0.6 is 11.6 Å². The predicted octanol–water partition coefficient (Wildman–Crippen LogP) is 3.79. The summed E-state index contributed by atoms with van der Waals surface area (Å²) in [4.78, 5) is 48.4. The van der Waals surface area contributed by atoms with Crippen molar-refractivity contribution < 1.29 is 28.6 Å². The zero-order valence-corrected chi connectivity index (χ0v) is 22.1. The van der Waals surface area contributed by atoms with Gasteiger partial charge in [-0.3, -0.25) is 14.4 Å². The molecule has 1 fully saturated rings. The normalized spacial score (nSPS) is 17.9. The molecule has 0 bridgehead atoms. The highest BCUT2D eigenvalue weighted by atomic mass is 35.5. The number of rotatable bonds is 7. The number of amides is 1. The highest BCUT2D eigenvalue weighted by Crippen LogP contribution is 2.39. The summed E-state index contributed by atoms with van der Waals surface area (Å²) in [6.07, 6.45) is 3.13. The summed E-state index contributed by atoms with van der Waals surface area (Å²) in [6.45, 7) is 6.31. The number of hydrogen-bond acceptors (Lipinski definition) is 9. The van der Waals surface area contributed by atoms with Crippen LogP contribution in [0, 0.1) is 0 Å². The molecule has 11 heteroatoms. The number of nitrogens with zero attached hydrogens (tertiary/aromatic N) is 3. The van der Waals surface area contributed by atoms with Gasteiger partial charge >= 0.3 is 11.9 Å². The van der Waals surface area contributed by atoms with Crippen molar-refractivity contribution >= 4 is 35.4 Å². The van der Waals surface area contributed by atoms with E-state index in [0.717, 1.165) is 12.8 Å². The van der Waals surface area contributed by atoms with Crippen LogP contribution in [0.15, 0.2) is 24.4 Å². The first kappa shape index (κ1) is 26.8. The highest BCUT2D eigenvalue weighted by molar-refractivity contribution is 6.33. The summed E-state index contributed by atoms with van der Waals surface area (Å²) in [6, 6.07) is 4.77. The first-order valence-electron chi connectivity index (χ1n) is 12.2. The number of aromatic nitrogens is 2. The molecule has 0 saturated carbocycles. The Bertz CT molecular complexity index is 1190. The number of esters is 2. The second-order valence-electron chi connectivity index (χ2n) is 10.0. The minimum absolute atomic E-state index is 0.0924. The Morgan fingerprint density at radius 1 is 1.22 bits per heavy atom. The maximum Gasteiger partial charge on any atom is 0.326 e. The molecule has 4 rings (SSSR count). The van der Waals surface area contributed by atoms with Crippen LogP contribution in [0.4, 0.5) is 5.95 Å². The second kappa shape index (κ2) is 11.0. The number of hydrogen-bond donors (Lipinski definition) is 1. The van der Waals surface area contributed by atoms with E-state index in [2.05, 4.69) is 15.3 Å². The molecule has 1 aromatic carbocycles. The molecule has 1 saturated heterocycles. The molecule has 0 spiro atoms. The number of halogens is 1. The van der Waals surface area contributed by atoms with Gasteiger partial charge in [-0.05, 0) is 45.2 Å². The largest absolute Gasteiger partial charge is 0.469 e. The molecule has 2 aliphatic rings. The van der Waals surface area contributed by atoms with E-state index in [0.29, 0.717) is 46.6 Å². The van der Waals surface area contributed by atoms with Gasteiger partial charge in [0.1, 0.15) is 12.1 Å². The number of carbonyl (C=O) groups is 3. The Hall–Kier alpha value is -3.24. The van der Waals surface area contributed by atoms with Crippen molar-refractivity contribution in [2.75, 3.05) is 32.2 Å². The Labute approximate surface area is 220 Å². The molecule has 2 aliphatic heterocycles. The van der Waals surface area contributed by atoms with Crippen molar-refractivity contribution in [2.45, 2.75) is 57.7 Å². The Morgan fingerprint density at radius 3 is 2.62 bits per heavy atom. The fourth-order valence-corrected chi connectivity index (χ4v) is 4.66. The Morgan fingerprint density at radius 2 is 1.95 bits per heavy atom. The van der Waals surface area contributed by atoms with Crippen LogP contribution < -0.4 is 5.32 Å². The lowest BCUT2D eigenvalue weighted by molar-refractivity contribution is -0.156. The fourth-order valence-electron chi connectivity index (χ4n) is 4.46. The molecule has 0 aliphatic carbocycles. The molecular formula is C26H31ClN4O6. The maximum atomic E-state index is 13.5. The Kier molecular flexibility index (Phi) is 7.99. The maximum absolute atomic E-state index is 13.5. The molecule has 1 amide bonds. The van der Waals surface area contributed by atoms with Gasteiger partial charge in [0.05, 0.1) is 36.5 Å². The van der Waals surface area contributed by atoms with E-state index >= 15 is 0 Å². The molecular weight excluding hydrogens is 500 g/mol. The molecule has 1 aromatic heterocycles. The van der Waals surface area contributed by atoms with E-state index in [4.69, 9.17) is 25.8 Å². The van der Waals surface area contributed by atoms with Crippen LogP contribution in [0.3, 0.4) is 0 Å². The van der Waals surface area contributed by atoms with E-state index in [1.807, 2.05) is 0 Å². The zero-order valence-electron chi connectivity index (χ0n) is 21.4. The van der Waals surface area contributed by atoms with Crippen LogP contribution in [0.2, 0.25) is 5.02 Å². The number of ether oxygens (including phenoxy) is 3. The van der Waals surface area contributed by atoms with Crippen LogP contribution in [-0.4, -0.2) is 71.2 Å². The van der Waals surface area contributed by atoms with Crippen LogP contribution in [-0.2, 0) is 23.8 Å². The van der Waals surface area contributed by atoms with Crippen molar-refractivity contribution in [2.24, 2.45) is 0 Å². The van der Waals surface area contributed by atoms with Gasteiger partial charge < -0.3 is 24.4 Å². The number of anilines is 1. The van der Waals surface area contributed by atoms with E-state index in [9.17, 15) is 14.4 Å². The third kappa shape index (κ3) is 6.37. The standard InChI is InChI=1S/C26H31ClN4O6/c1-26(2,3)37-22(33)14-31-20(12-21(32)35-4)17-6-5-15(11-18(17)24(31)34)23-19(27)13-28-25(30-23)29-16-7-9-36-10-8-16/h5-6,11,13,16,20H,7-10,12,14H2,1-4H3,(H,28,29,30). The van der Waals surface area contributed by atoms with Gasteiger partial charge in [0.25, 0.3) is 5.91 Å². The molecule has 0 radical (unpaired) electrons. The average Bonchev–Trinajstić information content (AvgIpc) is 3.10. The van der Waals surface area contributed by atoms with Crippen molar-refractivity contribution in [1.82, 2.24) is 14.9 Å². The van der Waals surface area contributed by atoms with E-state index < -0.39 is 23.6 Å². The summed E-state index contributed by atoms with van der Waals surface area (Å²) in [5, 5.41) is 3.66. The van der Waals surface area contributed by atoms with Gasteiger partial charge in [-0.15, -0.1) is 0 Å². The van der Waals surface area contributed by atoms with Crippen molar-refractivity contribution in [1.29, 1.82) is 0 Å². The topological polar surface area (TPSA) is 120 Å². The van der Waals surface area contributed by atoms with Gasteiger partial charge in [-0.1, -0.05) is 23.7 Å². The number of methoxy groups -OCH3 is 1. The van der Waals surface area contributed by atoms with Crippen LogP contribution in [0.5, 0.6) is 0 Å². The molecule has 1 atom stereocenters. The molecule has 2 aromatic rings. The van der Waals surface area contributed by atoms with E-state index in [1.165, 1.54) is 18.2 Å². The minimum Gasteiger partial charge on any atom is -0.469 e. The highest BCUT2D eigenvalue weighted by Gasteiger charge is 2.40. The first-order valence-corrected chi connectivity index (χ1v) is 12.5. The fraction of sp³-hybridized carbons (Fsp3) is 0.500. The third-order valence-electron chi connectivity index (χ3n) is 6.16. The van der Waals surface area contributed by atoms with Gasteiger partial charge in [0, 0.05) is 30.4 Å². The average molecular weight is 531 g/mol. The molecule has 37 heavy (non-hydrogen) atoms. The SMILES string of the molecule is COC(=O)CC1c2ccc(-c3nc(NC4CCOCC4)ncc3Cl)cc2C(=O)N1CC(=O)OC(C)(C)C. The summed E-state index contributed by atoms with van der Waals surface area (Å²) >= 11 is 6.45. The molecule has 10 nitrogen and oxygen atoms in total. The summed E-state index contributed by atoms with van der Waals surface area (Å²) < 4.78 is 15.7. The summed E-state index contributed by atoms with van der Waals surface area (Å²) in [7, 11) is 1.28. The minimum atomic E-state index is -0.710. The molecule has 3 heterocycles. The number of carbonyl (C=O) groups excluding carboxylic acids is 3. The third-order valence-corrected chi connectivity index (χ3v) is 6.44. The van der Waals surface area contributed by atoms with Gasteiger partial charge in [0.15, 0.2) is 0 Å². The molecule has 198 valence electrons. The molecule has 1 N–H and O–H groups in total. The quantitative estimate of drug-likeness (QED) is 0.533. The summed E-state index contributed by atoms with van der Waals surface area (Å²) in [5.74, 6) is -1.01. The van der Waals surface area contributed by atoms with Gasteiger partial charge in [0.2, 0.25) is 5.95 Å². The predicted molar refractivity (Wildman–Crippen MR) is 136 cm³/mol. The number of fused-ring (bicyclic) bond motifs is 1. The van der Waals surface area contributed by atoms with Crippen LogP contribution in [0.1, 0.15) is 62.0 Å². The summed E-state index contributed by atoms with van der Waals surface area (Å²) in [5.41, 5.74) is 1.36. The van der Waals surface area contributed by atoms with Crippen molar-refractivity contribution in [3.05, 3.63) is 40.5 Å². The van der Waals surface area contributed by atoms with Crippen molar-refractivity contribution in [3.63, 3.8) is 0 Å². The second-order valence-corrected chi connectivity index (χ2v) is 10.4. The molecule has 1 unspecified atom stereocenters. The van der Waals surface area contributed by atoms with Gasteiger partial charge in [-0.2, -0.15) is 0 Å². The lowest BCUT2D eigenvalue weighted by Gasteiger charge is -2.26. The monoisotopic (exact) mass is 530 g/mol. The first-order chi connectivity index (χ1) is 17.6. The lowest BCUT2D eigenvalue weighted by atomic mass is 9.98. The van der Waals surface area contributed by atoms with Crippen LogP contribution in [0.25, 0.3) is 11.3 Å². The lowest BCUT2D eigenvalue weighted by Crippen LogP contribution is -2.37. The number of benzene rings is 1. The van der Waals surface area contributed by atoms with E-state index in [1.54, 1.807) is 39.0 Å². The number of nitrogens with one attached hydrogen (secondary N) is 1.